The molecule has 21 heteroatoms. The maximum absolute atomic E-state index is 14.3. The van der Waals surface area contributed by atoms with Gasteiger partial charge in [0.2, 0.25) is 17.2 Å². The van der Waals surface area contributed by atoms with Gasteiger partial charge in [-0.2, -0.15) is 0 Å². The van der Waals surface area contributed by atoms with E-state index in [2.05, 4.69) is 0 Å². The Hall–Kier alpha value is -4.88. The second-order valence-corrected chi connectivity index (χ2v) is 16.3. The molecule has 2 aliphatic rings. The van der Waals surface area contributed by atoms with Crippen molar-refractivity contribution >= 4 is 65.2 Å². The maximum atomic E-state index is 14.3. The summed E-state index contributed by atoms with van der Waals surface area (Å²) < 4.78 is 34.5. The van der Waals surface area contributed by atoms with Gasteiger partial charge in [-0.15, -0.1) is 0 Å². The van der Waals surface area contributed by atoms with Crippen molar-refractivity contribution in [1.29, 1.82) is 0 Å². The predicted molar refractivity (Wildman–Crippen MR) is 206 cm³/mol. The maximum Gasteiger partial charge on any atom is 0.508 e. The molecular weight excluding hydrogens is 791 g/mol. The number of rotatable bonds is 19. The molecule has 57 heavy (non-hydrogen) atoms. The van der Waals surface area contributed by atoms with Gasteiger partial charge in [0.1, 0.15) is 19.3 Å². The number of β-lactam (4-membered cyclic amide) rings is 1. The van der Waals surface area contributed by atoms with Crippen LogP contribution in [0.25, 0.3) is 0 Å². The number of nitro groups is 2. The highest BCUT2D eigenvalue weighted by Gasteiger charge is 2.57. The third-order valence-corrected chi connectivity index (χ3v) is 12.8. The minimum Gasteiger partial charge on any atom is -0.456 e. The summed E-state index contributed by atoms with van der Waals surface area (Å²) in [5.41, 5.74) is 0.0774. The van der Waals surface area contributed by atoms with Crippen LogP contribution in [-0.2, 0) is 60.2 Å². The molecule has 0 radical (unpaired) electrons. The van der Waals surface area contributed by atoms with Crippen LogP contribution in [0.3, 0.4) is 0 Å². The van der Waals surface area contributed by atoms with Crippen molar-refractivity contribution in [1.82, 2.24) is 9.80 Å². The fourth-order valence-corrected chi connectivity index (χ4v) is 9.79. The first-order valence-electron chi connectivity index (χ1n) is 18.1. The lowest BCUT2D eigenvalue weighted by atomic mass is 9.81. The third-order valence-electron chi connectivity index (χ3n) is 8.91. The number of hydrogen-bond acceptors (Lipinski definition) is 16. The molecule has 310 valence electrons. The van der Waals surface area contributed by atoms with Crippen LogP contribution < -0.4 is 0 Å². The summed E-state index contributed by atoms with van der Waals surface area (Å²) in [7, 11) is -3.91. The number of nitro benzene ring substituents is 2. The lowest BCUT2D eigenvalue weighted by molar-refractivity contribution is -0.385. The number of ether oxygens (including phenoxy) is 3. The average Bonchev–Trinajstić information content (AvgIpc) is 3.64. The molecule has 2 amide bonds. The molecule has 0 aromatic heterocycles. The Morgan fingerprint density at radius 3 is 1.82 bits per heavy atom. The van der Waals surface area contributed by atoms with Crippen LogP contribution in [0.5, 0.6) is 0 Å². The summed E-state index contributed by atoms with van der Waals surface area (Å²) in [6.45, 7) is 7.87. The topological polar surface area (TPSA) is 233 Å². The molecule has 2 aromatic carbocycles. The number of hydrogen-bond donors (Lipinski definition) is 0. The number of thioether (sulfide) groups is 1. The van der Waals surface area contributed by atoms with Crippen molar-refractivity contribution in [3.63, 3.8) is 0 Å². The Balaban J connectivity index is 1.66. The molecule has 4 unspecified atom stereocenters. The van der Waals surface area contributed by atoms with E-state index in [9.17, 15) is 44.2 Å². The van der Waals surface area contributed by atoms with Gasteiger partial charge in [-0.05, 0) is 69.5 Å². The molecule has 2 fully saturated rings. The Morgan fingerprint density at radius 1 is 0.860 bits per heavy atom. The van der Waals surface area contributed by atoms with Gasteiger partial charge >= 0.3 is 12.1 Å². The van der Waals surface area contributed by atoms with E-state index in [0.717, 1.165) is 16.7 Å². The Morgan fingerprint density at radius 2 is 1.37 bits per heavy atom. The monoisotopic (exact) mass is 836 g/mol. The molecule has 2 saturated heterocycles. The highest BCUT2D eigenvalue weighted by Crippen LogP contribution is 2.55. The number of carbonyl (C=O) groups excluding carboxylic acids is 5. The van der Waals surface area contributed by atoms with Crippen molar-refractivity contribution < 1.29 is 61.6 Å². The van der Waals surface area contributed by atoms with Gasteiger partial charge in [-0.3, -0.25) is 39.5 Å². The number of likely N-dealkylation sites (tertiary alicyclic amines) is 2. The smallest absolute Gasteiger partial charge is 0.456 e. The normalized spacial score (nSPS) is 18.3. The lowest BCUT2D eigenvalue weighted by Crippen LogP contribution is -2.68. The second kappa shape index (κ2) is 20.5. The van der Waals surface area contributed by atoms with E-state index in [-0.39, 0.29) is 67.1 Å². The molecule has 4 rings (SSSR count). The molecule has 0 saturated carbocycles. The highest BCUT2D eigenvalue weighted by atomic mass is 32.2. The van der Waals surface area contributed by atoms with Gasteiger partial charge in [0.15, 0.2) is 5.12 Å². The van der Waals surface area contributed by atoms with Gasteiger partial charge in [0.25, 0.3) is 18.9 Å². The molecule has 2 aliphatic heterocycles. The van der Waals surface area contributed by atoms with Crippen LogP contribution in [0, 0.1) is 26.1 Å². The van der Waals surface area contributed by atoms with E-state index in [4.69, 9.17) is 27.8 Å². The largest absolute Gasteiger partial charge is 0.508 e. The van der Waals surface area contributed by atoms with Gasteiger partial charge in [-0.25, -0.2) is 9.59 Å². The second-order valence-electron chi connectivity index (χ2n) is 12.7. The first kappa shape index (κ1) is 44.8. The zero-order valence-corrected chi connectivity index (χ0v) is 33.8. The molecule has 0 bridgehead atoms. The zero-order chi connectivity index (χ0) is 41.9. The molecule has 2 aromatic rings. The van der Waals surface area contributed by atoms with Gasteiger partial charge < -0.3 is 32.7 Å². The standard InChI is InChI=1S/C36H45N4O15PS/c1-6-52-56(53-7-2,54-8-3)34(35(44)50-21-25-9-13-27(14-10-25)39(46)47)38-30(19-31(42)57-29-17-18-37(20-29)24(5)41)32(33(38)43)23(4)55-36(45)51-22-26-11-15-28(16-12-26)40(48)49/h9-16,23,29-30,32H,6-8,17-22H2,1-5H3. The van der Waals surface area contributed by atoms with Crippen molar-refractivity contribution in [3.8, 4) is 0 Å². The van der Waals surface area contributed by atoms with Crippen LogP contribution >= 0.6 is 19.3 Å². The zero-order valence-electron chi connectivity index (χ0n) is 32.1. The van der Waals surface area contributed by atoms with Crippen LogP contribution in [0.4, 0.5) is 16.2 Å². The summed E-state index contributed by atoms with van der Waals surface area (Å²) in [6.07, 6.45) is -2.12. The van der Waals surface area contributed by atoms with Crippen LogP contribution in [0.1, 0.15) is 58.6 Å². The van der Waals surface area contributed by atoms with E-state index >= 15 is 0 Å². The summed E-state index contributed by atoms with van der Waals surface area (Å²) in [6, 6.07) is 9.49. The highest BCUT2D eigenvalue weighted by molar-refractivity contribution is 8.14. The van der Waals surface area contributed by atoms with E-state index in [1.165, 1.54) is 62.4 Å². The van der Waals surface area contributed by atoms with E-state index in [1.807, 2.05) is 0 Å². The van der Waals surface area contributed by atoms with Crippen LogP contribution in [0.2, 0.25) is 0 Å². The third kappa shape index (κ3) is 11.4. The minimum atomic E-state index is -3.91. The van der Waals surface area contributed by atoms with Crippen LogP contribution in [0.15, 0.2) is 48.5 Å². The molecule has 0 spiro atoms. The first-order chi connectivity index (χ1) is 27.1. The summed E-state index contributed by atoms with van der Waals surface area (Å²) in [4.78, 5) is 90.8. The van der Waals surface area contributed by atoms with Crippen molar-refractivity contribution in [3.05, 3.63) is 79.9 Å². The quantitative estimate of drug-likeness (QED) is 0.0567. The summed E-state index contributed by atoms with van der Waals surface area (Å²) >= 11 is 1.01. The van der Waals surface area contributed by atoms with Gasteiger partial charge in [0, 0.05) is 55.9 Å². The SMILES string of the molecule is CCOP(OCC)(OCC)=C(C(=O)OCc1ccc([N+](=O)[O-])cc1)N1C(=O)C(C(C)OC(=O)OCc2ccc([N+](=O)[O-])cc2)C1CC(=O)SC1CCN(C(C)=O)C1. The van der Waals surface area contributed by atoms with Crippen LogP contribution in [-0.4, -0.2) is 104 Å². The average molecular weight is 837 g/mol. The molecule has 2 heterocycles. The predicted octanol–water partition coefficient (Wildman–Crippen LogP) is 5.39. The number of nitrogens with zero attached hydrogens (tertiary/aromatic N) is 4. The number of carbonyl (C=O) groups is 5. The molecule has 19 nitrogen and oxygen atoms in total. The minimum absolute atomic E-state index is 0.0216. The fraction of sp³-hybridized carbons (Fsp3) is 0.500. The Bertz CT molecular complexity index is 1850. The van der Waals surface area contributed by atoms with Crippen molar-refractivity contribution in [2.75, 3.05) is 32.9 Å². The number of non-ortho nitro benzene ring substituents is 2. The van der Waals surface area contributed by atoms with E-state index in [0.29, 0.717) is 30.6 Å². The van der Waals surface area contributed by atoms with Crippen molar-refractivity contribution in [2.45, 2.75) is 78.1 Å². The molecule has 4 atom stereocenters. The molecular formula is C36H45N4O15PS. The first-order valence-corrected chi connectivity index (χ1v) is 20.5. The molecule has 0 N–H and O–H groups in total. The van der Waals surface area contributed by atoms with Crippen molar-refractivity contribution in [2.24, 2.45) is 5.92 Å². The van der Waals surface area contributed by atoms with E-state index in [1.54, 1.807) is 25.7 Å². The Labute approximate surface area is 332 Å². The fourth-order valence-electron chi connectivity index (χ4n) is 6.27. The summed E-state index contributed by atoms with van der Waals surface area (Å²) in [5, 5.41) is 21.6. The Kier molecular flexibility index (Phi) is 16.1. The number of benzene rings is 2. The van der Waals surface area contributed by atoms with Gasteiger partial charge in [-0.1, -0.05) is 11.8 Å². The number of esters is 1. The number of amides is 2. The van der Waals surface area contributed by atoms with E-state index < -0.39 is 58.9 Å². The van der Waals surface area contributed by atoms with Gasteiger partial charge in [0.05, 0.1) is 41.6 Å². The molecule has 0 aliphatic carbocycles. The summed E-state index contributed by atoms with van der Waals surface area (Å²) in [5.74, 6) is -3.11. The lowest BCUT2D eigenvalue weighted by Gasteiger charge is -2.49.